The van der Waals surface area contributed by atoms with E-state index in [1.165, 1.54) is 30.0 Å². The Bertz CT molecular complexity index is 925. The number of anilines is 1. The third kappa shape index (κ3) is 3.85. The Morgan fingerprint density at radius 2 is 2.20 bits per heavy atom. The molecule has 1 aromatic carbocycles. The molecule has 2 heterocycles. The topological polar surface area (TPSA) is 72.9 Å². The first-order valence-electron chi connectivity index (χ1n) is 7.27. The van der Waals surface area contributed by atoms with Gasteiger partial charge in [-0.3, -0.25) is 4.79 Å². The van der Waals surface area contributed by atoms with Gasteiger partial charge in [0.25, 0.3) is 0 Å². The number of aryl methyl sites for hydroxylation is 1. The van der Waals surface area contributed by atoms with E-state index in [9.17, 15) is 9.18 Å². The molecule has 130 valence electrons. The number of benzene rings is 1. The van der Waals surface area contributed by atoms with Crippen LogP contribution >= 0.6 is 23.4 Å². The molecule has 0 bridgehead atoms. The molecule has 0 radical (unpaired) electrons. The first kappa shape index (κ1) is 17.5. The van der Waals surface area contributed by atoms with E-state index >= 15 is 0 Å². The number of hydrogen-bond donors (Lipinski definition) is 1. The molecule has 3 aromatic rings. The number of amides is 1. The Hall–Kier alpha value is -2.32. The predicted octanol–water partition coefficient (Wildman–Crippen LogP) is 3.91. The van der Waals surface area contributed by atoms with E-state index < -0.39 is 5.82 Å². The van der Waals surface area contributed by atoms with Crippen molar-refractivity contribution in [3.63, 3.8) is 0 Å². The zero-order chi connectivity index (χ0) is 18.0. The molecule has 1 amide bonds. The molecule has 9 heteroatoms. The van der Waals surface area contributed by atoms with Gasteiger partial charge in [-0.25, -0.2) is 4.39 Å². The molecule has 0 spiro atoms. The zero-order valence-corrected chi connectivity index (χ0v) is 15.0. The summed E-state index contributed by atoms with van der Waals surface area (Å²) in [7, 11) is 1.80. The lowest BCUT2D eigenvalue weighted by molar-refractivity contribution is -0.113. The molecule has 0 saturated heterocycles. The Morgan fingerprint density at radius 3 is 2.92 bits per heavy atom. The standard InChI is InChI=1S/C16H14ClFN4O2S/c1-9-11(5-6-24-9)15-20-21-16(22(15)2)25-8-14(23)19-13-7-10(17)3-4-12(13)18/h3-7H,8H2,1-2H3,(H,19,23). The molecule has 25 heavy (non-hydrogen) atoms. The molecule has 0 aliphatic heterocycles. The van der Waals surface area contributed by atoms with E-state index in [2.05, 4.69) is 15.5 Å². The number of carbonyl (C=O) groups is 1. The second kappa shape index (κ2) is 7.28. The van der Waals surface area contributed by atoms with Crippen LogP contribution in [0.4, 0.5) is 10.1 Å². The fourth-order valence-corrected chi connectivity index (χ4v) is 3.08. The average Bonchev–Trinajstić information content (AvgIpc) is 3.14. The lowest BCUT2D eigenvalue weighted by Crippen LogP contribution is -2.15. The molecule has 6 nitrogen and oxygen atoms in total. The second-order valence-corrected chi connectivity index (χ2v) is 6.60. The Labute approximate surface area is 152 Å². The van der Waals surface area contributed by atoms with Crippen LogP contribution in [-0.4, -0.2) is 26.4 Å². The molecule has 2 aromatic heterocycles. The molecular weight excluding hydrogens is 367 g/mol. The van der Waals surface area contributed by atoms with Crippen LogP contribution in [-0.2, 0) is 11.8 Å². The SMILES string of the molecule is Cc1occc1-c1nnc(SCC(=O)Nc2cc(Cl)ccc2F)n1C. The summed E-state index contributed by atoms with van der Waals surface area (Å²) in [6.07, 6.45) is 1.58. The minimum absolute atomic E-state index is 0.0470. The lowest BCUT2D eigenvalue weighted by atomic mass is 10.2. The minimum Gasteiger partial charge on any atom is -0.469 e. The molecule has 0 saturated carbocycles. The van der Waals surface area contributed by atoms with Crippen LogP contribution in [0.1, 0.15) is 5.76 Å². The maximum Gasteiger partial charge on any atom is 0.234 e. The monoisotopic (exact) mass is 380 g/mol. The summed E-state index contributed by atoms with van der Waals surface area (Å²) >= 11 is 7.01. The molecule has 3 rings (SSSR count). The summed E-state index contributed by atoms with van der Waals surface area (Å²) in [6, 6.07) is 5.79. The van der Waals surface area contributed by atoms with Crippen LogP contribution in [0.3, 0.4) is 0 Å². The summed E-state index contributed by atoms with van der Waals surface area (Å²) < 4.78 is 20.7. The fourth-order valence-electron chi connectivity index (χ4n) is 2.20. The lowest BCUT2D eigenvalue weighted by Gasteiger charge is -2.07. The highest BCUT2D eigenvalue weighted by atomic mass is 35.5. The van der Waals surface area contributed by atoms with Gasteiger partial charge in [0.05, 0.1) is 23.3 Å². The number of furan rings is 1. The van der Waals surface area contributed by atoms with Crippen molar-refractivity contribution in [1.82, 2.24) is 14.8 Å². The van der Waals surface area contributed by atoms with Crippen molar-refractivity contribution in [3.05, 3.63) is 47.1 Å². The summed E-state index contributed by atoms with van der Waals surface area (Å²) in [4.78, 5) is 12.0. The summed E-state index contributed by atoms with van der Waals surface area (Å²) in [5, 5.41) is 11.6. The molecule has 0 unspecified atom stereocenters. The number of hydrogen-bond acceptors (Lipinski definition) is 5. The molecule has 0 atom stereocenters. The Morgan fingerprint density at radius 1 is 1.40 bits per heavy atom. The van der Waals surface area contributed by atoms with E-state index in [1.807, 2.05) is 13.0 Å². The predicted molar refractivity (Wildman–Crippen MR) is 94.2 cm³/mol. The Balaban J connectivity index is 1.66. The van der Waals surface area contributed by atoms with Gasteiger partial charge in [0.2, 0.25) is 5.91 Å². The highest BCUT2D eigenvalue weighted by Gasteiger charge is 2.16. The molecule has 0 aliphatic carbocycles. The van der Waals surface area contributed by atoms with Crippen molar-refractivity contribution in [2.75, 3.05) is 11.1 Å². The van der Waals surface area contributed by atoms with Crippen molar-refractivity contribution in [2.24, 2.45) is 7.05 Å². The number of halogens is 2. The number of thioether (sulfide) groups is 1. The molecule has 0 aliphatic rings. The van der Waals surface area contributed by atoms with E-state index in [-0.39, 0.29) is 17.3 Å². The van der Waals surface area contributed by atoms with Gasteiger partial charge >= 0.3 is 0 Å². The summed E-state index contributed by atoms with van der Waals surface area (Å²) in [5.41, 5.74) is 0.887. The van der Waals surface area contributed by atoms with Crippen LogP contribution in [0.25, 0.3) is 11.4 Å². The normalized spacial score (nSPS) is 10.9. The number of rotatable bonds is 5. The van der Waals surface area contributed by atoms with Crippen molar-refractivity contribution in [1.29, 1.82) is 0 Å². The zero-order valence-electron chi connectivity index (χ0n) is 13.4. The van der Waals surface area contributed by atoms with Crippen LogP contribution in [0.15, 0.2) is 40.1 Å². The van der Waals surface area contributed by atoms with Gasteiger partial charge in [-0.1, -0.05) is 23.4 Å². The van der Waals surface area contributed by atoms with Crippen LogP contribution in [0.2, 0.25) is 5.02 Å². The van der Waals surface area contributed by atoms with Gasteiger partial charge in [0.15, 0.2) is 11.0 Å². The largest absolute Gasteiger partial charge is 0.469 e. The van der Waals surface area contributed by atoms with Crippen molar-refractivity contribution in [2.45, 2.75) is 12.1 Å². The van der Waals surface area contributed by atoms with Crippen LogP contribution in [0, 0.1) is 12.7 Å². The minimum atomic E-state index is -0.542. The smallest absolute Gasteiger partial charge is 0.234 e. The number of aromatic nitrogens is 3. The van der Waals surface area contributed by atoms with Crippen molar-refractivity contribution >= 4 is 35.0 Å². The number of nitrogens with one attached hydrogen (secondary N) is 1. The van der Waals surface area contributed by atoms with Gasteiger partial charge in [-0.15, -0.1) is 10.2 Å². The highest BCUT2D eigenvalue weighted by Crippen LogP contribution is 2.26. The Kier molecular flexibility index (Phi) is 5.10. The maximum atomic E-state index is 13.6. The third-order valence-electron chi connectivity index (χ3n) is 3.47. The van der Waals surface area contributed by atoms with Gasteiger partial charge < -0.3 is 14.3 Å². The second-order valence-electron chi connectivity index (χ2n) is 5.22. The van der Waals surface area contributed by atoms with Crippen molar-refractivity contribution < 1.29 is 13.6 Å². The van der Waals surface area contributed by atoms with E-state index in [4.69, 9.17) is 16.0 Å². The number of nitrogens with zero attached hydrogens (tertiary/aromatic N) is 3. The first-order valence-corrected chi connectivity index (χ1v) is 8.63. The molecule has 0 fully saturated rings. The quantitative estimate of drug-likeness (QED) is 0.679. The molecular formula is C16H14ClFN4O2S. The average molecular weight is 381 g/mol. The van der Waals surface area contributed by atoms with Gasteiger partial charge in [0, 0.05) is 12.1 Å². The maximum absolute atomic E-state index is 13.6. The summed E-state index contributed by atoms with van der Waals surface area (Å²) in [6.45, 7) is 1.84. The van der Waals surface area contributed by atoms with Crippen LogP contribution < -0.4 is 5.32 Å². The third-order valence-corrected chi connectivity index (χ3v) is 4.72. The first-order chi connectivity index (χ1) is 12.0. The van der Waals surface area contributed by atoms with E-state index in [0.717, 1.165) is 11.3 Å². The highest BCUT2D eigenvalue weighted by molar-refractivity contribution is 7.99. The molecule has 1 N–H and O–H groups in total. The van der Waals surface area contributed by atoms with Gasteiger partial charge in [-0.2, -0.15) is 0 Å². The fraction of sp³-hybridized carbons (Fsp3) is 0.188. The van der Waals surface area contributed by atoms with E-state index in [0.29, 0.717) is 16.0 Å². The van der Waals surface area contributed by atoms with Crippen molar-refractivity contribution in [3.8, 4) is 11.4 Å². The van der Waals surface area contributed by atoms with Gasteiger partial charge in [0.1, 0.15) is 11.6 Å². The van der Waals surface area contributed by atoms with Gasteiger partial charge in [-0.05, 0) is 31.2 Å². The van der Waals surface area contributed by atoms with E-state index in [1.54, 1.807) is 17.9 Å². The number of carbonyl (C=O) groups excluding carboxylic acids is 1. The van der Waals surface area contributed by atoms with Crippen LogP contribution in [0.5, 0.6) is 0 Å². The summed E-state index contributed by atoms with van der Waals surface area (Å²) in [5.74, 6) is 0.535.